The maximum atomic E-state index is 6.00. The molecule has 8 heteroatoms. The molecule has 2 unspecified atom stereocenters. The maximum Gasteiger partial charge on any atom is 0.193 e. The van der Waals surface area contributed by atoms with Crippen molar-refractivity contribution >= 4 is 29.9 Å². The molecule has 2 fully saturated rings. The predicted molar refractivity (Wildman–Crippen MR) is 144 cm³/mol. The molecule has 0 spiro atoms. The first-order valence-electron chi connectivity index (χ1n) is 12.1. The molecule has 2 heterocycles. The third kappa shape index (κ3) is 9.32. The zero-order valence-electron chi connectivity index (χ0n) is 20.8. The van der Waals surface area contributed by atoms with Crippen LogP contribution < -0.4 is 5.32 Å². The molecule has 0 aliphatic carbocycles. The zero-order valence-corrected chi connectivity index (χ0v) is 23.1. The molecule has 0 radical (unpaired) electrons. The van der Waals surface area contributed by atoms with Crippen LogP contribution in [-0.4, -0.2) is 87.6 Å². The summed E-state index contributed by atoms with van der Waals surface area (Å²) in [6, 6.07) is 8.73. The van der Waals surface area contributed by atoms with E-state index in [1.54, 1.807) is 7.11 Å². The second-order valence-corrected chi connectivity index (χ2v) is 9.02. The van der Waals surface area contributed by atoms with E-state index in [-0.39, 0.29) is 36.2 Å². The first kappa shape index (κ1) is 28.3. The van der Waals surface area contributed by atoms with Gasteiger partial charge in [0.15, 0.2) is 5.96 Å². The molecule has 1 aromatic carbocycles. The van der Waals surface area contributed by atoms with Crippen molar-refractivity contribution in [1.82, 2.24) is 15.1 Å². The second-order valence-electron chi connectivity index (χ2n) is 9.02. The lowest BCUT2D eigenvalue weighted by molar-refractivity contribution is -0.0705. The molecule has 0 bridgehead atoms. The molecule has 7 nitrogen and oxygen atoms in total. The number of ether oxygens (including phenoxy) is 3. The average molecular weight is 575 g/mol. The van der Waals surface area contributed by atoms with E-state index in [2.05, 4.69) is 58.2 Å². The number of hydrogen-bond donors (Lipinski definition) is 1. The summed E-state index contributed by atoms with van der Waals surface area (Å²) in [5.41, 5.74) is 2.71. The minimum Gasteiger partial charge on any atom is -0.385 e. The van der Waals surface area contributed by atoms with Crippen molar-refractivity contribution in [2.45, 2.75) is 64.5 Å². The van der Waals surface area contributed by atoms with Gasteiger partial charge in [0.1, 0.15) is 0 Å². The van der Waals surface area contributed by atoms with Crippen LogP contribution in [-0.2, 0) is 27.3 Å². The number of guanidine groups is 1. The summed E-state index contributed by atoms with van der Waals surface area (Å²) in [6.45, 7) is 11.5. The minimum atomic E-state index is 0. The van der Waals surface area contributed by atoms with E-state index in [0.29, 0.717) is 6.10 Å². The standard InChI is InChI=1S/C25H42N4O3.HI/c1-20-17-28(18-21(2)32-20)19-23-9-6-5-8-22(23)16-27-25(26-3)29-12-10-24(11-13-29)31-15-7-14-30-4;/h5-6,8-9,20-21,24H,7,10-19H2,1-4H3,(H,26,27);1H. The summed E-state index contributed by atoms with van der Waals surface area (Å²) in [6.07, 6.45) is 3.96. The molecule has 2 aliphatic rings. The average Bonchev–Trinajstić information content (AvgIpc) is 2.78. The number of nitrogens with zero attached hydrogens (tertiary/aromatic N) is 3. The van der Waals surface area contributed by atoms with Crippen molar-refractivity contribution in [2.24, 2.45) is 4.99 Å². The van der Waals surface area contributed by atoms with Gasteiger partial charge in [-0.25, -0.2) is 0 Å². The third-order valence-electron chi connectivity index (χ3n) is 6.24. The summed E-state index contributed by atoms with van der Waals surface area (Å²) in [5, 5.41) is 3.60. The van der Waals surface area contributed by atoms with Gasteiger partial charge >= 0.3 is 0 Å². The van der Waals surface area contributed by atoms with Crippen LogP contribution in [0.4, 0.5) is 0 Å². The molecule has 2 aliphatic heterocycles. The van der Waals surface area contributed by atoms with Gasteiger partial charge in [-0.2, -0.15) is 0 Å². The maximum absolute atomic E-state index is 6.00. The van der Waals surface area contributed by atoms with E-state index in [0.717, 1.165) is 77.7 Å². The molecule has 2 saturated heterocycles. The number of methoxy groups -OCH3 is 1. The summed E-state index contributed by atoms with van der Waals surface area (Å²) in [7, 11) is 3.61. The van der Waals surface area contributed by atoms with Crippen LogP contribution in [0.1, 0.15) is 44.2 Å². The molecule has 0 saturated carbocycles. The van der Waals surface area contributed by atoms with Gasteiger partial charge < -0.3 is 24.4 Å². The van der Waals surface area contributed by atoms with E-state index in [1.807, 2.05) is 7.05 Å². The van der Waals surface area contributed by atoms with Crippen molar-refractivity contribution in [2.75, 3.05) is 53.6 Å². The van der Waals surface area contributed by atoms with Crippen molar-refractivity contribution in [3.8, 4) is 0 Å². The van der Waals surface area contributed by atoms with Gasteiger partial charge in [0, 0.05) is 66.6 Å². The Kier molecular flexibility index (Phi) is 13.0. The van der Waals surface area contributed by atoms with Crippen LogP contribution in [0.2, 0.25) is 0 Å². The van der Waals surface area contributed by atoms with Crippen LogP contribution in [0.3, 0.4) is 0 Å². The Morgan fingerprint density at radius 1 is 1.09 bits per heavy atom. The monoisotopic (exact) mass is 574 g/mol. The first-order chi connectivity index (χ1) is 15.6. The number of nitrogens with one attached hydrogen (secondary N) is 1. The highest BCUT2D eigenvalue weighted by atomic mass is 127. The van der Waals surface area contributed by atoms with Crippen LogP contribution in [0.25, 0.3) is 0 Å². The fourth-order valence-corrected chi connectivity index (χ4v) is 4.73. The smallest absolute Gasteiger partial charge is 0.193 e. The number of likely N-dealkylation sites (tertiary alicyclic amines) is 1. The molecular formula is C25H43IN4O3. The highest BCUT2D eigenvalue weighted by Crippen LogP contribution is 2.18. The van der Waals surface area contributed by atoms with E-state index in [4.69, 9.17) is 14.2 Å². The number of morpholine rings is 1. The lowest BCUT2D eigenvalue weighted by atomic mass is 10.1. The number of aliphatic imine (C=N–C) groups is 1. The van der Waals surface area contributed by atoms with Gasteiger partial charge in [-0.1, -0.05) is 24.3 Å². The van der Waals surface area contributed by atoms with Gasteiger partial charge in [-0.3, -0.25) is 9.89 Å². The first-order valence-corrected chi connectivity index (χ1v) is 12.1. The topological polar surface area (TPSA) is 58.6 Å². The molecule has 0 amide bonds. The van der Waals surface area contributed by atoms with Crippen LogP contribution in [0, 0.1) is 0 Å². The predicted octanol–water partition coefficient (Wildman–Crippen LogP) is 3.51. The van der Waals surface area contributed by atoms with Gasteiger partial charge in [0.2, 0.25) is 0 Å². The van der Waals surface area contributed by atoms with E-state index in [9.17, 15) is 0 Å². The lowest BCUT2D eigenvalue weighted by Gasteiger charge is -2.36. The Labute approximate surface area is 217 Å². The molecule has 3 rings (SSSR count). The molecule has 2 atom stereocenters. The fourth-order valence-electron chi connectivity index (χ4n) is 4.73. The highest BCUT2D eigenvalue weighted by Gasteiger charge is 2.24. The SMILES string of the molecule is CN=C(NCc1ccccc1CN1CC(C)OC(C)C1)N1CCC(OCCCOC)CC1.I. The number of benzene rings is 1. The van der Waals surface area contributed by atoms with E-state index < -0.39 is 0 Å². The molecule has 1 N–H and O–H groups in total. The Bertz CT molecular complexity index is 703. The largest absolute Gasteiger partial charge is 0.385 e. The third-order valence-corrected chi connectivity index (χ3v) is 6.24. The van der Waals surface area contributed by atoms with Crippen molar-refractivity contribution in [3.63, 3.8) is 0 Å². The van der Waals surface area contributed by atoms with Crippen molar-refractivity contribution in [1.29, 1.82) is 0 Å². The van der Waals surface area contributed by atoms with E-state index in [1.165, 1.54) is 11.1 Å². The summed E-state index contributed by atoms with van der Waals surface area (Å²) in [5.74, 6) is 0.978. The number of hydrogen-bond acceptors (Lipinski definition) is 5. The normalized spacial score (nSPS) is 22.8. The molecule has 1 aromatic rings. The van der Waals surface area contributed by atoms with Gasteiger partial charge in [-0.05, 0) is 44.2 Å². The van der Waals surface area contributed by atoms with Crippen LogP contribution >= 0.6 is 24.0 Å². The van der Waals surface area contributed by atoms with Gasteiger partial charge in [-0.15, -0.1) is 24.0 Å². The van der Waals surface area contributed by atoms with Gasteiger partial charge in [0.25, 0.3) is 0 Å². The molecule has 188 valence electrons. The number of halogens is 1. The number of piperidine rings is 1. The lowest BCUT2D eigenvalue weighted by Crippen LogP contribution is -2.47. The Hall–Kier alpha value is -0.940. The van der Waals surface area contributed by atoms with Crippen molar-refractivity contribution in [3.05, 3.63) is 35.4 Å². The van der Waals surface area contributed by atoms with Crippen molar-refractivity contribution < 1.29 is 14.2 Å². The minimum absolute atomic E-state index is 0. The molecular weight excluding hydrogens is 531 g/mol. The summed E-state index contributed by atoms with van der Waals surface area (Å²) >= 11 is 0. The molecule has 0 aromatic heterocycles. The Balaban J connectivity index is 0.00000385. The molecule has 33 heavy (non-hydrogen) atoms. The van der Waals surface area contributed by atoms with Crippen LogP contribution in [0.15, 0.2) is 29.3 Å². The van der Waals surface area contributed by atoms with Gasteiger partial charge in [0.05, 0.1) is 18.3 Å². The summed E-state index contributed by atoms with van der Waals surface area (Å²) < 4.78 is 17.0. The zero-order chi connectivity index (χ0) is 22.8. The van der Waals surface area contributed by atoms with E-state index >= 15 is 0 Å². The fraction of sp³-hybridized carbons (Fsp3) is 0.720. The quantitative estimate of drug-likeness (QED) is 0.211. The van der Waals surface area contributed by atoms with Crippen LogP contribution in [0.5, 0.6) is 0 Å². The number of rotatable bonds is 9. The Morgan fingerprint density at radius 3 is 2.39 bits per heavy atom. The summed E-state index contributed by atoms with van der Waals surface area (Å²) in [4.78, 5) is 9.40. The second kappa shape index (κ2) is 15.1. The highest BCUT2D eigenvalue weighted by molar-refractivity contribution is 14.0. The Morgan fingerprint density at radius 2 is 1.76 bits per heavy atom.